The third-order valence-corrected chi connectivity index (χ3v) is 6.50. The van der Waals surface area contributed by atoms with E-state index < -0.39 is 10.1 Å². The SMILES string of the molecule is Cc1ccc(-c2cc(C(C)(C)C)[o+]c(C(C)(C)C)c2)cc1.O=S(=O)([O-])c1ccc2ccccc2c1. The minimum Gasteiger partial charge on any atom is -0.744 e. The van der Waals surface area contributed by atoms with Gasteiger partial charge in [0.25, 0.3) is 0 Å². The smallest absolute Gasteiger partial charge is 0.335 e. The van der Waals surface area contributed by atoms with E-state index in [4.69, 9.17) is 4.42 Å². The van der Waals surface area contributed by atoms with Gasteiger partial charge in [0.1, 0.15) is 10.1 Å². The minimum absolute atomic E-state index is 0.000701. The zero-order chi connectivity index (χ0) is 26.0. The highest BCUT2D eigenvalue weighted by atomic mass is 32.2. The van der Waals surface area contributed by atoms with Gasteiger partial charge in [0.05, 0.1) is 15.7 Å². The number of hydrogen-bond acceptors (Lipinski definition) is 3. The lowest BCUT2D eigenvalue weighted by Crippen LogP contribution is -2.16. The largest absolute Gasteiger partial charge is 0.744 e. The summed E-state index contributed by atoms with van der Waals surface area (Å²) in [6.07, 6.45) is 0. The van der Waals surface area contributed by atoms with Crippen LogP contribution in [0.3, 0.4) is 0 Å². The van der Waals surface area contributed by atoms with E-state index in [0.717, 1.165) is 22.3 Å². The molecule has 4 aromatic rings. The van der Waals surface area contributed by atoms with Crippen LogP contribution < -0.4 is 0 Å². The van der Waals surface area contributed by atoms with Crippen molar-refractivity contribution >= 4 is 20.9 Å². The summed E-state index contributed by atoms with van der Waals surface area (Å²) < 4.78 is 38.4. The molecule has 0 amide bonds. The highest BCUT2D eigenvalue weighted by Crippen LogP contribution is 2.34. The van der Waals surface area contributed by atoms with E-state index in [0.29, 0.717) is 0 Å². The van der Waals surface area contributed by atoms with Crippen molar-refractivity contribution in [2.24, 2.45) is 0 Å². The third kappa shape index (κ3) is 7.00. The van der Waals surface area contributed by atoms with Crippen molar-refractivity contribution in [3.8, 4) is 11.1 Å². The number of benzene rings is 3. The van der Waals surface area contributed by atoms with Crippen LogP contribution in [0, 0.1) is 6.92 Å². The maximum absolute atomic E-state index is 10.7. The Balaban J connectivity index is 0.000000211. The zero-order valence-corrected chi connectivity index (χ0v) is 22.4. The van der Waals surface area contributed by atoms with Gasteiger partial charge in [-0.25, -0.2) is 12.8 Å². The fraction of sp³-hybridized carbons (Fsp3) is 0.300. The highest BCUT2D eigenvalue weighted by Gasteiger charge is 2.33. The summed E-state index contributed by atoms with van der Waals surface area (Å²) in [7, 11) is -4.34. The van der Waals surface area contributed by atoms with Gasteiger partial charge < -0.3 is 4.55 Å². The van der Waals surface area contributed by atoms with Gasteiger partial charge in [0.2, 0.25) is 0 Å². The van der Waals surface area contributed by atoms with Gasteiger partial charge in [-0.1, -0.05) is 60.2 Å². The summed E-state index contributed by atoms with van der Waals surface area (Å²) >= 11 is 0. The van der Waals surface area contributed by atoms with Gasteiger partial charge in [-0.05, 0) is 82.5 Å². The molecule has 1 heterocycles. The zero-order valence-electron chi connectivity index (χ0n) is 21.5. The number of hydrogen-bond donors (Lipinski definition) is 0. The Morgan fingerprint density at radius 3 is 1.66 bits per heavy atom. The van der Waals surface area contributed by atoms with Crippen LogP contribution >= 0.6 is 0 Å². The van der Waals surface area contributed by atoms with Crippen molar-refractivity contribution in [2.45, 2.75) is 64.2 Å². The van der Waals surface area contributed by atoms with Crippen LogP contribution in [0.1, 0.15) is 58.6 Å². The van der Waals surface area contributed by atoms with E-state index in [1.165, 1.54) is 28.8 Å². The molecular weight excluding hydrogens is 456 g/mol. The Morgan fingerprint density at radius 1 is 0.657 bits per heavy atom. The summed E-state index contributed by atoms with van der Waals surface area (Å²) in [5.41, 5.74) is 3.76. The first-order chi connectivity index (χ1) is 16.1. The van der Waals surface area contributed by atoms with Crippen LogP contribution in [0.2, 0.25) is 0 Å². The molecule has 3 aromatic carbocycles. The Labute approximate surface area is 209 Å². The highest BCUT2D eigenvalue weighted by molar-refractivity contribution is 7.85. The maximum atomic E-state index is 10.7. The molecule has 0 saturated heterocycles. The predicted octanol–water partition coefficient (Wildman–Crippen LogP) is 7.88. The first-order valence-electron chi connectivity index (χ1n) is 11.7. The molecule has 0 aliphatic carbocycles. The molecule has 5 heteroatoms. The maximum Gasteiger partial charge on any atom is 0.335 e. The summed E-state index contributed by atoms with van der Waals surface area (Å²) in [5, 5.41) is 1.67. The van der Waals surface area contributed by atoms with Gasteiger partial charge in [0.15, 0.2) is 0 Å². The van der Waals surface area contributed by atoms with E-state index in [9.17, 15) is 13.0 Å². The van der Waals surface area contributed by atoms with Gasteiger partial charge >= 0.3 is 11.5 Å². The lowest BCUT2D eigenvalue weighted by atomic mass is 9.87. The second kappa shape index (κ2) is 9.92. The first-order valence-corrected chi connectivity index (χ1v) is 13.1. The van der Waals surface area contributed by atoms with Crippen LogP contribution in [0.4, 0.5) is 0 Å². The molecule has 0 atom stereocenters. The van der Waals surface area contributed by atoms with Gasteiger partial charge in [-0.3, -0.25) is 0 Å². The molecule has 0 aliphatic heterocycles. The minimum atomic E-state index is -4.34. The number of aryl methyl sites for hydroxylation is 1. The fourth-order valence-electron chi connectivity index (χ4n) is 3.48. The van der Waals surface area contributed by atoms with E-state index >= 15 is 0 Å². The van der Waals surface area contributed by atoms with Crippen LogP contribution in [0.15, 0.2) is 88.2 Å². The predicted molar refractivity (Wildman–Crippen MR) is 143 cm³/mol. The molecule has 0 bridgehead atoms. The van der Waals surface area contributed by atoms with Gasteiger partial charge in [-0.15, -0.1) is 0 Å². The molecule has 0 spiro atoms. The van der Waals surface area contributed by atoms with Crippen LogP contribution in [-0.4, -0.2) is 13.0 Å². The first kappa shape index (κ1) is 26.6. The Kier molecular flexibility index (Phi) is 7.53. The second-order valence-corrected chi connectivity index (χ2v) is 12.3. The summed E-state index contributed by atoms with van der Waals surface area (Å²) in [5.74, 6) is 2.07. The Morgan fingerprint density at radius 2 is 1.17 bits per heavy atom. The lowest BCUT2D eigenvalue weighted by molar-refractivity contribution is 0.329. The molecule has 0 N–H and O–H groups in total. The van der Waals surface area contributed by atoms with Crippen molar-refractivity contribution in [1.82, 2.24) is 0 Å². The molecule has 1 aromatic heterocycles. The standard InChI is InChI=1S/C20H27O.C10H8O3S/c1-14-8-10-15(11-9-14)16-12-17(19(2,3)4)21-18(13-16)20(5,6)7;11-14(12,13)10-6-5-8-3-1-2-4-9(8)7-10/h8-13H,1-7H3;1-7H,(H,11,12,13)/q+1;/p-1. The molecule has 4 nitrogen and oxygen atoms in total. The van der Waals surface area contributed by atoms with Crippen LogP contribution in [0.25, 0.3) is 21.9 Å². The van der Waals surface area contributed by atoms with Gasteiger partial charge in [-0.2, -0.15) is 0 Å². The van der Waals surface area contributed by atoms with Crippen LogP contribution in [-0.2, 0) is 20.9 Å². The molecule has 0 aliphatic rings. The van der Waals surface area contributed by atoms with E-state index in [-0.39, 0.29) is 15.7 Å². The lowest BCUT2D eigenvalue weighted by Gasteiger charge is -2.15. The summed E-state index contributed by atoms with van der Waals surface area (Å²) in [6, 6.07) is 24.7. The quantitative estimate of drug-likeness (QED) is 0.212. The monoisotopic (exact) mass is 490 g/mol. The van der Waals surface area contributed by atoms with Crippen molar-refractivity contribution < 1.29 is 17.4 Å². The summed E-state index contributed by atoms with van der Waals surface area (Å²) in [4.78, 5) is -0.184. The number of fused-ring (bicyclic) bond motifs is 1. The van der Waals surface area contributed by atoms with Crippen molar-refractivity contribution in [3.63, 3.8) is 0 Å². The van der Waals surface area contributed by atoms with Crippen molar-refractivity contribution in [3.05, 3.63) is 95.9 Å². The van der Waals surface area contributed by atoms with E-state index in [1.54, 1.807) is 18.2 Å². The average Bonchev–Trinajstić information content (AvgIpc) is 2.77. The normalized spacial score (nSPS) is 12.2. The van der Waals surface area contributed by atoms with E-state index in [1.807, 2.05) is 12.1 Å². The molecule has 0 fully saturated rings. The van der Waals surface area contributed by atoms with E-state index in [2.05, 4.69) is 84.9 Å². The molecular formula is C30H34O4S. The molecule has 35 heavy (non-hydrogen) atoms. The summed E-state index contributed by atoms with van der Waals surface area (Å²) in [6.45, 7) is 15.3. The Bertz CT molecular complexity index is 1390. The molecule has 184 valence electrons. The fourth-order valence-corrected chi connectivity index (χ4v) is 3.98. The van der Waals surface area contributed by atoms with Crippen molar-refractivity contribution in [2.75, 3.05) is 0 Å². The number of rotatable bonds is 2. The molecule has 0 saturated carbocycles. The molecule has 0 unspecified atom stereocenters. The van der Waals surface area contributed by atoms with Crippen LogP contribution in [0.5, 0.6) is 0 Å². The van der Waals surface area contributed by atoms with Crippen molar-refractivity contribution in [1.29, 1.82) is 0 Å². The Hall–Kier alpha value is -3.02. The molecule has 0 radical (unpaired) electrons. The van der Waals surface area contributed by atoms with Gasteiger partial charge in [0, 0.05) is 12.1 Å². The second-order valence-electron chi connectivity index (χ2n) is 10.9. The third-order valence-electron chi connectivity index (χ3n) is 5.67. The average molecular weight is 491 g/mol. The topological polar surface area (TPSA) is 68.5 Å². The molecule has 4 rings (SSSR count).